The zero-order valence-corrected chi connectivity index (χ0v) is 22.9. The van der Waals surface area contributed by atoms with Crippen LogP contribution < -0.4 is 0 Å². The van der Waals surface area contributed by atoms with E-state index in [2.05, 4.69) is 47.6 Å². The highest BCUT2D eigenvalue weighted by Crippen LogP contribution is 2.13. The van der Waals surface area contributed by atoms with Crippen LogP contribution >= 0.6 is 15.9 Å². The van der Waals surface area contributed by atoms with Gasteiger partial charge in [-0.1, -0.05) is 83.4 Å². The zero-order valence-electron chi connectivity index (χ0n) is 20.5. The second-order valence-electron chi connectivity index (χ2n) is 8.82. The highest BCUT2D eigenvalue weighted by molar-refractivity contribution is 9.12. The molecule has 0 saturated carbocycles. The van der Waals surface area contributed by atoms with E-state index in [-0.39, 0.29) is 4.90 Å². The summed E-state index contributed by atoms with van der Waals surface area (Å²) in [6.07, 6.45) is 16.6. The van der Waals surface area contributed by atoms with E-state index in [1.807, 2.05) is 0 Å². The Kier molecular flexibility index (Phi) is 19.1. The first-order chi connectivity index (χ1) is 15.3. The topological polar surface area (TPSA) is 54.4 Å². The van der Waals surface area contributed by atoms with Crippen LogP contribution in [0.4, 0.5) is 0 Å². The molecule has 0 aliphatic rings. The predicted molar refractivity (Wildman–Crippen MR) is 140 cm³/mol. The van der Waals surface area contributed by atoms with Gasteiger partial charge in [0.05, 0.1) is 25.0 Å². The van der Waals surface area contributed by atoms with Gasteiger partial charge in [0, 0.05) is 15.9 Å². The first kappa shape index (κ1) is 31.1. The molecule has 0 amide bonds. The molecule has 0 atom stereocenters. The number of hydrogen-bond acceptors (Lipinski definition) is 2. The monoisotopic (exact) mass is 530 g/mol. The molecule has 0 bridgehead atoms. The van der Waals surface area contributed by atoms with Gasteiger partial charge in [0.15, 0.2) is 0 Å². The summed E-state index contributed by atoms with van der Waals surface area (Å²) in [4.78, 5) is 2.83. The third kappa shape index (κ3) is 17.7. The molecule has 0 radical (unpaired) electrons. The van der Waals surface area contributed by atoms with Crippen LogP contribution in [0.1, 0.15) is 90.9 Å². The number of benzene rings is 1. The van der Waals surface area contributed by atoms with Gasteiger partial charge in [0.25, 0.3) is 10.1 Å². The van der Waals surface area contributed by atoms with Gasteiger partial charge in [0.1, 0.15) is 6.54 Å². The van der Waals surface area contributed by atoms with Crippen LogP contribution in [0.3, 0.4) is 0 Å². The van der Waals surface area contributed by atoms with E-state index in [4.69, 9.17) is 4.55 Å². The van der Waals surface area contributed by atoms with Gasteiger partial charge < -0.3 is 4.48 Å². The molecule has 0 aromatic heterocycles. The Morgan fingerprint density at radius 3 is 1.62 bits per heavy atom. The maximum Gasteiger partial charge on any atom is 0.294 e. The number of hydrogen-bond donors (Lipinski definition) is 1. The molecule has 0 aliphatic carbocycles. The Labute approximate surface area is 206 Å². The SMILES string of the molecule is CCCCCCCC[N+](C)(CC#CBr)CCCCCCCC.O=S(=O)(O)c1ccccc1. The molecule has 184 valence electrons. The molecule has 0 heterocycles. The van der Waals surface area contributed by atoms with E-state index in [9.17, 15) is 8.42 Å². The lowest BCUT2D eigenvalue weighted by Gasteiger charge is -2.33. The van der Waals surface area contributed by atoms with Gasteiger partial charge in [-0.2, -0.15) is 8.42 Å². The van der Waals surface area contributed by atoms with Crippen LogP contribution in [0.15, 0.2) is 35.2 Å². The van der Waals surface area contributed by atoms with Crippen molar-refractivity contribution < 1.29 is 17.5 Å². The first-order valence-electron chi connectivity index (χ1n) is 12.2. The minimum atomic E-state index is -4.00. The second-order valence-corrected chi connectivity index (χ2v) is 10.6. The van der Waals surface area contributed by atoms with Gasteiger partial charge >= 0.3 is 0 Å². The summed E-state index contributed by atoms with van der Waals surface area (Å²) in [5.74, 6) is 3.25. The van der Waals surface area contributed by atoms with Gasteiger partial charge in [-0.3, -0.25) is 4.55 Å². The molecule has 0 spiro atoms. The summed E-state index contributed by atoms with van der Waals surface area (Å²) in [5.41, 5.74) is 0. The molecule has 1 N–H and O–H groups in total. The second kappa shape index (κ2) is 19.6. The summed E-state index contributed by atoms with van der Waals surface area (Å²) >= 11 is 3.25. The molecule has 4 nitrogen and oxygen atoms in total. The number of quaternary nitrogens is 1. The Hall–Kier alpha value is -0.870. The van der Waals surface area contributed by atoms with Crippen molar-refractivity contribution in [3.8, 4) is 10.8 Å². The maximum atomic E-state index is 10.4. The summed E-state index contributed by atoms with van der Waals surface area (Å²) < 4.78 is 30.4. The largest absolute Gasteiger partial charge is 0.316 e. The lowest BCUT2D eigenvalue weighted by molar-refractivity contribution is -0.903. The Balaban J connectivity index is 0.000000792. The fourth-order valence-corrected chi connectivity index (χ4v) is 4.26. The highest BCUT2D eigenvalue weighted by Gasteiger charge is 2.19. The van der Waals surface area contributed by atoms with Gasteiger partial charge in [-0.15, -0.1) is 0 Å². The lowest BCUT2D eigenvalue weighted by Crippen LogP contribution is -2.45. The number of rotatable bonds is 16. The quantitative estimate of drug-likeness (QED) is 0.104. The van der Waals surface area contributed by atoms with Crippen LogP contribution in [0, 0.1) is 10.8 Å². The molecule has 1 aromatic carbocycles. The van der Waals surface area contributed by atoms with Crippen molar-refractivity contribution in [3.63, 3.8) is 0 Å². The van der Waals surface area contributed by atoms with Gasteiger partial charge in [0.2, 0.25) is 0 Å². The van der Waals surface area contributed by atoms with Crippen molar-refractivity contribution in [2.75, 3.05) is 26.7 Å². The molecule has 1 aromatic rings. The standard InChI is InChI=1S/C20H39BrN.C6H6O3S/c1-4-6-8-10-12-14-18-22(3,20-16-17-21)19-15-13-11-9-7-5-2;7-10(8,9)6-4-2-1-3-5-6/h4-15,18-20H2,1-3H3;1-5H,(H,7,8,9)/q+1;. The van der Waals surface area contributed by atoms with Crippen LogP contribution in [-0.4, -0.2) is 44.1 Å². The molecule has 6 heteroatoms. The van der Waals surface area contributed by atoms with Crippen LogP contribution in [0.5, 0.6) is 0 Å². The van der Waals surface area contributed by atoms with Crippen molar-refractivity contribution in [1.29, 1.82) is 0 Å². The average molecular weight is 532 g/mol. The zero-order chi connectivity index (χ0) is 24.1. The minimum absolute atomic E-state index is 0.0741. The Morgan fingerprint density at radius 2 is 1.25 bits per heavy atom. The van der Waals surface area contributed by atoms with Crippen LogP contribution in [0.2, 0.25) is 0 Å². The molecule has 0 fully saturated rings. The van der Waals surface area contributed by atoms with Gasteiger partial charge in [-0.05, 0) is 48.6 Å². The number of unbranched alkanes of at least 4 members (excludes halogenated alkanes) is 10. The molecule has 0 saturated heterocycles. The Bertz CT molecular complexity index is 710. The number of nitrogens with zero attached hydrogens (tertiary/aromatic N) is 1. The average Bonchev–Trinajstić information content (AvgIpc) is 2.78. The van der Waals surface area contributed by atoms with Crippen molar-refractivity contribution in [1.82, 2.24) is 0 Å². The van der Waals surface area contributed by atoms with E-state index in [0.29, 0.717) is 0 Å². The maximum absolute atomic E-state index is 10.4. The van der Waals surface area contributed by atoms with Crippen molar-refractivity contribution in [3.05, 3.63) is 30.3 Å². The van der Waals surface area contributed by atoms with E-state index in [1.54, 1.807) is 18.2 Å². The molecular weight excluding hydrogens is 486 g/mol. The highest BCUT2D eigenvalue weighted by atomic mass is 79.9. The smallest absolute Gasteiger partial charge is 0.294 e. The van der Waals surface area contributed by atoms with E-state index < -0.39 is 10.1 Å². The molecule has 0 unspecified atom stereocenters. The van der Waals surface area contributed by atoms with Crippen LogP contribution in [0.25, 0.3) is 0 Å². The van der Waals surface area contributed by atoms with E-state index in [1.165, 1.54) is 102 Å². The van der Waals surface area contributed by atoms with Crippen molar-refractivity contribution in [2.24, 2.45) is 0 Å². The molecular formula is C26H45BrNO3S+. The summed E-state index contributed by atoms with van der Waals surface area (Å²) in [6, 6.07) is 7.42. The fourth-order valence-electron chi connectivity index (χ4n) is 3.63. The normalized spacial score (nSPS) is 11.3. The van der Waals surface area contributed by atoms with E-state index in [0.717, 1.165) is 11.0 Å². The van der Waals surface area contributed by atoms with E-state index >= 15 is 0 Å². The molecule has 0 aliphatic heterocycles. The fraction of sp³-hybridized carbons (Fsp3) is 0.692. The summed E-state index contributed by atoms with van der Waals surface area (Å²) in [6.45, 7) is 8.15. The molecule has 32 heavy (non-hydrogen) atoms. The number of halogens is 1. The predicted octanol–water partition coefficient (Wildman–Crippen LogP) is 7.44. The minimum Gasteiger partial charge on any atom is -0.316 e. The third-order valence-electron chi connectivity index (χ3n) is 5.67. The first-order valence-corrected chi connectivity index (χ1v) is 14.5. The van der Waals surface area contributed by atoms with Gasteiger partial charge in [-0.25, -0.2) is 0 Å². The van der Waals surface area contributed by atoms with Crippen molar-refractivity contribution in [2.45, 2.75) is 95.8 Å². The lowest BCUT2D eigenvalue weighted by atomic mass is 10.1. The summed E-state index contributed by atoms with van der Waals surface area (Å²) in [7, 11) is -1.60. The Morgan fingerprint density at radius 1 is 0.812 bits per heavy atom. The van der Waals surface area contributed by atoms with Crippen molar-refractivity contribution >= 4 is 26.0 Å². The molecule has 1 rings (SSSR count). The van der Waals surface area contributed by atoms with Crippen LogP contribution in [-0.2, 0) is 10.1 Å². The summed E-state index contributed by atoms with van der Waals surface area (Å²) in [5, 5.41) is 0. The third-order valence-corrected chi connectivity index (χ3v) is 6.82.